The van der Waals surface area contributed by atoms with Gasteiger partial charge in [-0.1, -0.05) is 17.7 Å². The molecule has 0 unspecified atom stereocenters. The zero-order chi connectivity index (χ0) is 19.6. The third kappa shape index (κ3) is 4.40. The average molecular weight is 386 g/mol. The van der Waals surface area contributed by atoms with Crippen molar-refractivity contribution in [2.75, 3.05) is 6.26 Å². The zero-order valence-electron chi connectivity index (χ0n) is 15.0. The minimum Gasteiger partial charge on any atom is -0.449 e. The van der Waals surface area contributed by atoms with Crippen LogP contribution in [0.15, 0.2) is 57.8 Å². The van der Waals surface area contributed by atoms with Crippen LogP contribution in [0.1, 0.15) is 34.8 Å². The van der Waals surface area contributed by atoms with Crippen LogP contribution < -0.4 is 0 Å². The van der Waals surface area contributed by atoms with Gasteiger partial charge in [-0.3, -0.25) is 0 Å². The van der Waals surface area contributed by atoms with Gasteiger partial charge >= 0.3 is 5.97 Å². The number of hydrogen-bond donors (Lipinski definition) is 0. The van der Waals surface area contributed by atoms with Gasteiger partial charge in [0, 0.05) is 11.8 Å². The molecule has 0 bridgehead atoms. The Morgan fingerprint density at radius 1 is 1.04 bits per heavy atom. The van der Waals surface area contributed by atoms with Gasteiger partial charge in [-0.25, -0.2) is 13.2 Å². The predicted molar refractivity (Wildman–Crippen MR) is 97.9 cm³/mol. The Morgan fingerprint density at radius 2 is 1.67 bits per heavy atom. The maximum absolute atomic E-state index is 12.2. The molecule has 7 nitrogen and oxygen atoms in total. The molecule has 2 aromatic carbocycles. The summed E-state index contributed by atoms with van der Waals surface area (Å²) >= 11 is 0. The largest absolute Gasteiger partial charge is 0.449 e. The van der Waals surface area contributed by atoms with Gasteiger partial charge in [0.2, 0.25) is 5.89 Å². The van der Waals surface area contributed by atoms with E-state index in [0.717, 1.165) is 17.4 Å². The maximum Gasteiger partial charge on any atom is 0.338 e. The van der Waals surface area contributed by atoms with E-state index in [1.54, 1.807) is 6.92 Å². The Hall–Kier alpha value is -3.00. The number of nitrogens with zero attached hydrogens (tertiary/aromatic N) is 2. The lowest BCUT2D eigenvalue weighted by Crippen LogP contribution is -2.10. The van der Waals surface area contributed by atoms with E-state index in [0.29, 0.717) is 5.89 Å². The Labute approximate surface area is 156 Å². The SMILES string of the molecule is Cc1ccc(-c2nnc([C@H](C)OC(=O)c3ccc(S(C)(=O)=O)cc3)o2)cc1. The lowest BCUT2D eigenvalue weighted by molar-refractivity contribution is 0.0279. The topological polar surface area (TPSA) is 99.4 Å². The van der Waals surface area contributed by atoms with E-state index in [1.165, 1.54) is 24.3 Å². The highest BCUT2D eigenvalue weighted by Gasteiger charge is 2.20. The minimum absolute atomic E-state index is 0.131. The summed E-state index contributed by atoms with van der Waals surface area (Å²) in [7, 11) is -3.32. The third-order valence-electron chi connectivity index (χ3n) is 3.89. The number of carbonyl (C=O) groups is 1. The lowest BCUT2D eigenvalue weighted by atomic mass is 10.1. The van der Waals surface area contributed by atoms with Crippen molar-refractivity contribution in [3.63, 3.8) is 0 Å². The van der Waals surface area contributed by atoms with Gasteiger partial charge in [-0.15, -0.1) is 10.2 Å². The van der Waals surface area contributed by atoms with Crippen LogP contribution in [0, 0.1) is 6.92 Å². The van der Waals surface area contributed by atoms with Crippen LogP contribution in [0.5, 0.6) is 0 Å². The summed E-state index contributed by atoms with van der Waals surface area (Å²) in [6, 6.07) is 13.1. The van der Waals surface area contributed by atoms with Gasteiger partial charge in [0.1, 0.15) is 0 Å². The van der Waals surface area contributed by atoms with Crippen LogP contribution >= 0.6 is 0 Å². The summed E-state index contributed by atoms with van der Waals surface area (Å²) in [5.74, 6) is -0.102. The zero-order valence-corrected chi connectivity index (χ0v) is 15.9. The summed E-state index contributed by atoms with van der Waals surface area (Å²) < 4.78 is 33.9. The standard InChI is InChI=1S/C19H18N2O5S/c1-12-4-6-14(7-5-12)18-21-20-17(26-18)13(2)25-19(22)15-8-10-16(11-9-15)27(3,23)24/h4-11,13H,1-3H3/t13-/m0/s1. The van der Waals surface area contributed by atoms with Gasteiger partial charge in [0.25, 0.3) is 5.89 Å². The summed E-state index contributed by atoms with van der Waals surface area (Å²) in [5.41, 5.74) is 2.12. The molecule has 1 atom stereocenters. The molecule has 0 saturated carbocycles. The number of sulfone groups is 1. The number of carbonyl (C=O) groups excluding carboxylic acids is 1. The van der Waals surface area contributed by atoms with Crippen molar-refractivity contribution in [1.82, 2.24) is 10.2 Å². The van der Waals surface area contributed by atoms with Crippen molar-refractivity contribution in [1.29, 1.82) is 0 Å². The highest BCUT2D eigenvalue weighted by Crippen LogP contribution is 2.23. The van der Waals surface area contributed by atoms with Gasteiger partial charge < -0.3 is 9.15 Å². The second-order valence-electron chi connectivity index (χ2n) is 6.16. The van der Waals surface area contributed by atoms with Crippen LogP contribution in [-0.4, -0.2) is 30.8 Å². The summed E-state index contributed by atoms with van der Waals surface area (Å²) in [4.78, 5) is 12.4. The normalized spacial score (nSPS) is 12.6. The number of hydrogen-bond acceptors (Lipinski definition) is 7. The molecule has 27 heavy (non-hydrogen) atoms. The molecule has 0 aliphatic carbocycles. The van der Waals surface area contributed by atoms with E-state index < -0.39 is 21.9 Å². The second kappa shape index (κ2) is 7.32. The van der Waals surface area contributed by atoms with Crippen molar-refractivity contribution < 1.29 is 22.4 Å². The summed E-state index contributed by atoms with van der Waals surface area (Å²) in [6.07, 6.45) is 0.350. The molecule has 0 fully saturated rings. The van der Waals surface area contributed by atoms with E-state index in [1.807, 2.05) is 31.2 Å². The van der Waals surface area contributed by atoms with E-state index in [-0.39, 0.29) is 16.3 Å². The highest BCUT2D eigenvalue weighted by atomic mass is 32.2. The van der Waals surface area contributed by atoms with Crippen molar-refractivity contribution in [2.45, 2.75) is 24.8 Å². The average Bonchev–Trinajstić information content (AvgIpc) is 3.12. The number of aromatic nitrogens is 2. The molecule has 3 rings (SSSR count). The smallest absolute Gasteiger partial charge is 0.338 e. The lowest BCUT2D eigenvalue weighted by Gasteiger charge is -2.09. The Balaban J connectivity index is 1.71. The molecular formula is C19H18N2O5S. The van der Waals surface area contributed by atoms with Crippen molar-refractivity contribution in [2.24, 2.45) is 0 Å². The number of ether oxygens (including phenoxy) is 1. The molecule has 1 aromatic heterocycles. The fraction of sp³-hybridized carbons (Fsp3) is 0.211. The van der Waals surface area contributed by atoms with Crippen LogP contribution in [0.3, 0.4) is 0 Å². The minimum atomic E-state index is -3.32. The number of benzene rings is 2. The number of esters is 1. The molecule has 3 aromatic rings. The first kappa shape index (κ1) is 18.8. The molecule has 0 radical (unpaired) electrons. The first-order chi connectivity index (χ1) is 12.7. The second-order valence-corrected chi connectivity index (χ2v) is 8.17. The first-order valence-electron chi connectivity index (χ1n) is 8.15. The monoisotopic (exact) mass is 386 g/mol. The van der Waals surface area contributed by atoms with Crippen LogP contribution in [0.4, 0.5) is 0 Å². The van der Waals surface area contributed by atoms with Crippen molar-refractivity contribution in [3.05, 3.63) is 65.5 Å². The number of aryl methyl sites for hydroxylation is 1. The molecule has 140 valence electrons. The van der Waals surface area contributed by atoms with E-state index in [9.17, 15) is 13.2 Å². The quantitative estimate of drug-likeness (QED) is 0.620. The predicted octanol–water partition coefficient (Wildman–Crippen LogP) is 3.37. The molecule has 0 aliphatic rings. The van der Waals surface area contributed by atoms with Crippen molar-refractivity contribution in [3.8, 4) is 11.5 Å². The molecule has 0 saturated heterocycles. The molecule has 0 amide bonds. The molecular weight excluding hydrogens is 368 g/mol. The summed E-state index contributed by atoms with van der Waals surface area (Å²) in [6.45, 7) is 3.60. The van der Waals surface area contributed by atoms with E-state index >= 15 is 0 Å². The van der Waals surface area contributed by atoms with E-state index in [4.69, 9.17) is 9.15 Å². The van der Waals surface area contributed by atoms with Gasteiger partial charge in [-0.05, 0) is 50.2 Å². The van der Waals surface area contributed by atoms with Crippen LogP contribution in [0.25, 0.3) is 11.5 Å². The maximum atomic E-state index is 12.2. The Bertz CT molecular complexity index is 1050. The molecule has 1 heterocycles. The molecule has 8 heteroatoms. The van der Waals surface area contributed by atoms with Gasteiger partial charge in [0.05, 0.1) is 10.5 Å². The van der Waals surface area contributed by atoms with Crippen LogP contribution in [0.2, 0.25) is 0 Å². The van der Waals surface area contributed by atoms with E-state index in [2.05, 4.69) is 10.2 Å². The Kier molecular flexibility index (Phi) is 5.09. The van der Waals surface area contributed by atoms with Gasteiger partial charge in [0.15, 0.2) is 15.9 Å². The van der Waals surface area contributed by atoms with Crippen molar-refractivity contribution >= 4 is 15.8 Å². The summed E-state index contributed by atoms with van der Waals surface area (Å²) in [5, 5.41) is 7.92. The van der Waals surface area contributed by atoms with Gasteiger partial charge in [-0.2, -0.15) is 0 Å². The fourth-order valence-corrected chi connectivity index (χ4v) is 2.96. The molecule has 0 spiro atoms. The molecule has 0 aliphatic heterocycles. The highest BCUT2D eigenvalue weighted by molar-refractivity contribution is 7.90. The number of rotatable bonds is 5. The van der Waals surface area contributed by atoms with Crippen LogP contribution in [-0.2, 0) is 14.6 Å². The first-order valence-corrected chi connectivity index (χ1v) is 10.0. The Morgan fingerprint density at radius 3 is 2.26 bits per heavy atom. The fourth-order valence-electron chi connectivity index (χ4n) is 2.33. The third-order valence-corrected chi connectivity index (χ3v) is 5.02. The molecule has 0 N–H and O–H groups in total.